The van der Waals surface area contributed by atoms with Gasteiger partial charge in [-0.15, -0.1) is 0 Å². The van der Waals surface area contributed by atoms with Crippen LogP contribution in [-0.4, -0.2) is 75.2 Å². The Bertz CT molecular complexity index is 509. The van der Waals surface area contributed by atoms with E-state index in [0.29, 0.717) is 18.3 Å². The van der Waals surface area contributed by atoms with Crippen LogP contribution in [0, 0.1) is 5.82 Å². The third kappa shape index (κ3) is 5.72. The van der Waals surface area contributed by atoms with E-state index in [4.69, 9.17) is 4.74 Å². The Morgan fingerprint density at radius 1 is 1.25 bits per heavy atom. The molecule has 0 aliphatic carbocycles. The van der Waals surface area contributed by atoms with Crippen LogP contribution in [-0.2, 0) is 6.54 Å². The largest absolute Gasteiger partial charge is 0.497 e. The highest BCUT2D eigenvalue weighted by molar-refractivity contribution is 5.28. The number of hydrogen-bond donors (Lipinski definition) is 0. The minimum absolute atomic E-state index is 0.171. The lowest BCUT2D eigenvalue weighted by molar-refractivity contribution is 0.108. The van der Waals surface area contributed by atoms with Gasteiger partial charge >= 0.3 is 0 Å². The van der Waals surface area contributed by atoms with E-state index < -0.39 is 0 Å². The Hall–Kier alpha value is -1.17. The molecule has 0 N–H and O–H groups in total. The molecule has 1 atom stereocenters. The molecule has 0 amide bonds. The molecule has 24 heavy (non-hydrogen) atoms. The highest BCUT2D eigenvalue weighted by atomic mass is 19.1. The fourth-order valence-electron chi connectivity index (χ4n) is 3.38. The van der Waals surface area contributed by atoms with Gasteiger partial charge in [0, 0.05) is 30.8 Å². The van der Waals surface area contributed by atoms with Crippen LogP contribution in [0.2, 0.25) is 0 Å². The van der Waals surface area contributed by atoms with Gasteiger partial charge in [0.25, 0.3) is 0 Å². The van der Waals surface area contributed by atoms with Gasteiger partial charge < -0.3 is 14.5 Å². The van der Waals surface area contributed by atoms with E-state index in [-0.39, 0.29) is 5.82 Å². The fraction of sp³-hybridized carbons (Fsp3) is 0.684. The third-order valence-corrected chi connectivity index (χ3v) is 4.87. The quantitative estimate of drug-likeness (QED) is 0.726. The minimum Gasteiger partial charge on any atom is -0.497 e. The predicted molar refractivity (Wildman–Crippen MR) is 97.1 cm³/mol. The van der Waals surface area contributed by atoms with Gasteiger partial charge in [0.1, 0.15) is 11.6 Å². The Morgan fingerprint density at radius 3 is 2.71 bits per heavy atom. The molecule has 1 saturated heterocycles. The first kappa shape index (κ1) is 19.2. The van der Waals surface area contributed by atoms with Crippen molar-refractivity contribution < 1.29 is 9.13 Å². The summed E-state index contributed by atoms with van der Waals surface area (Å²) in [7, 11) is 8.02. The SMILES string of the molecule is COc1ccc(CN2CCCC(N(C)CCCN(C)C)C2)c(F)c1. The fourth-order valence-corrected chi connectivity index (χ4v) is 3.38. The molecule has 136 valence electrons. The number of hydrogen-bond acceptors (Lipinski definition) is 4. The normalized spacial score (nSPS) is 19.2. The lowest BCUT2D eigenvalue weighted by Crippen LogP contribution is -2.46. The molecule has 0 spiro atoms. The summed E-state index contributed by atoms with van der Waals surface area (Å²) in [6.07, 6.45) is 3.60. The van der Waals surface area contributed by atoms with Crippen molar-refractivity contribution in [1.29, 1.82) is 0 Å². The number of methoxy groups -OCH3 is 1. The van der Waals surface area contributed by atoms with Gasteiger partial charge in [-0.05, 0) is 66.1 Å². The van der Waals surface area contributed by atoms with Crippen molar-refractivity contribution in [2.75, 3.05) is 54.4 Å². The van der Waals surface area contributed by atoms with Gasteiger partial charge in [0.2, 0.25) is 0 Å². The number of ether oxygens (including phenoxy) is 1. The van der Waals surface area contributed by atoms with Crippen LogP contribution in [0.25, 0.3) is 0 Å². The molecule has 1 unspecified atom stereocenters. The van der Waals surface area contributed by atoms with Crippen molar-refractivity contribution in [3.63, 3.8) is 0 Å². The summed E-state index contributed by atoms with van der Waals surface area (Å²) in [5.41, 5.74) is 0.756. The molecule has 0 radical (unpaired) electrons. The highest BCUT2D eigenvalue weighted by Crippen LogP contribution is 2.21. The number of piperidine rings is 1. The molecular weight excluding hydrogens is 305 g/mol. The summed E-state index contributed by atoms with van der Waals surface area (Å²) < 4.78 is 19.2. The van der Waals surface area contributed by atoms with E-state index in [2.05, 4.69) is 35.8 Å². The Kier molecular flexibility index (Phi) is 7.46. The number of benzene rings is 1. The number of likely N-dealkylation sites (tertiary alicyclic amines) is 1. The van der Waals surface area contributed by atoms with Crippen LogP contribution in [0.1, 0.15) is 24.8 Å². The lowest BCUT2D eigenvalue weighted by Gasteiger charge is -2.38. The van der Waals surface area contributed by atoms with E-state index in [1.807, 2.05) is 12.1 Å². The van der Waals surface area contributed by atoms with Crippen LogP contribution >= 0.6 is 0 Å². The summed E-state index contributed by atoms with van der Waals surface area (Å²) in [6, 6.07) is 5.73. The van der Waals surface area contributed by atoms with Crippen molar-refractivity contribution in [3.8, 4) is 5.75 Å². The van der Waals surface area contributed by atoms with Crippen molar-refractivity contribution >= 4 is 0 Å². The molecule has 0 saturated carbocycles. The topological polar surface area (TPSA) is 19.0 Å². The summed E-state index contributed by atoms with van der Waals surface area (Å²) in [5, 5.41) is 0. The Labute approximate surface area is 146 Å². The summed E-state index contributed by atoms with van der Waals surface area (Å²) in [6.45, 7) is 4.99. The molecule has 1 aromatic carbocycles. The third-order valence-electron chi connectivity index (χ3n) is 4.87. The van der Waals surface area contributed by atoms with Crippen molar-refractivity contribution in [1.82, 2.24) is 14.7 Å². The average molecular weight is 337 g/mol. The Balaban J connectivity index is 1.86. The molecule has 1 heterocycles. The second-order valence-corrected chi connectivity index (χ2v) is 7.13. The van der Waals surface area contributed by atoms with Crippen LogP contribution in [0.5, 0.6) is 5.75 Å². The van der Waals surface area contributed by atoms with Gasteiger partial charge in [-0.25, -0.2) is 4.39 Å². The predicted octanol–water partition coefficient (Wildman–Crippen LogP) is 2.68. The molecule has 1 aliphatic rings. The van der Waals surface area contributed by atoms with Crippen LogP contribution < -0.4 is 4.74 Å². The van der Waals surface area contributed by atoms with Crippen molar-refractivity contribution in [2.24, 2.45) is 0 Å². The van der Waals surface area contributed by atoms with E-state index in [0.717, 1.165) is 31.7 Å². The zero-order chi connectivity index (χ0) is 17.5. The maximum atomic E-state index is 14.2. The minimum atomic E-state index is -0.171. The first-order chi connectivity index (χ1) is 11.5. The monoisotopic (exact) mass is 337 g/mol. The first-order valence-electron chi connectivity index (χ1n) is 8.89. The lowest BCUT2D eigenvalue weighted by atomic mass is 10.0. The number of nitrogens with zero attached hydrogens (tertiary/aromatic N) is 3. The van der Waals surface area contributed by atoms with E-state index >= 15 is 0 Å². The molecule has 0 aromatic heterocycles. The number of halogens is 1. The highest BCUT2D eigenvalue weighted by Gasteiger charge is 2.23. The van der Waals surface area contributed by atoms with Gasteiger partial charge in [-0.1, -0.05) is 6.07 Å². The number of rotatable bonds is 8. The number of likely N-dealkylation sites (N-methyl/N-ethyl adjacent to an activating group) is 1. The molecule has 4 nitrogen and oxygen atoms in total. The summed E-state index contributed by atoms with van der Waals surface area (Å²) >= 11 is 0. The Morgan fingerprint density at radius 2 is 2.04 bits per heavy atom. The standard InChI is InChI=1S/C19H32FN3O/c1-21(2)10-6-11-22(3)17-7-5-12-23(15-17)14-16-8-9-18(24-4)13-19(16)20/h8-9,13,17H,5-7,10-12,14-15H2,1-4H3. The first-order valence-corrected chi connectivity index (χ1v) is 8.89. The molecule has 1 aromatic rings. The zero-order valence-corrected chi connectivity index (χ0v) is 15.6. The van der Waals surface area contributed by atoms with Gasteiger partial charge in [-0.2, -0.15) is 0 Å². The van der Waals surface area contributed by atoms with Crippen molar-refractivity contribution in [2.45, 2.75) is 31.8 Å². The molecule has 0 bridgehead atoms. The smallest absolute Gasteiger partial charge is 0.131 e. The van der Waals surface area contributed by atoms with Gasteiger partial charge in [-0.3, -0.25) is 4.90 Å². The zero-order valence-electron chi connectivity index (χ0n) is 15.6. The van der Waals surface area contributed by atoms with Crippen LogP contribution in [0.15, 0.2) is 18.2 Å². The summed E-state index contributed by atoms with van der Waals surface area (Å²) in [4.78, 5) is 7.08. The molecule has 1 fully saturated rings. The van der Waals surface area contributed by atoms with Crippen LogP contribution in [0.4, 0.5) is 4.39 Å². The van der Waals surface area contributed by atoms with E-state index in [1.54, 1.807) is 7.11 Å². The van der Waals surface area contributed by atoms with Gasteiger partial charge in [0.05, 0.1) is 7.11 Å². The maximum absolute atomic E-state index is 14.2. The van der Waals surface area contributed by atoms with Gasteiger partial charge in [0.15, 0.2) is 0 Å². The van der Waals surface area contributed by atoms with Crippen molar-refractivity contribution in [3.05, 3.63) is 29.6 Å². The maximum Gasteiger partial charge on any atom is 0.131 e. The van der Waals surface area contributed by atoms with E-state index in [9.17, 15) is 4.39 Å². The summed E-state index contributed by atoms with van der Waals surface area (Å²) in [5.74, 6) is 0.407. The molecule has 5 heteroatoms. The van der Waals surface area contributed by atoms with E-state index in [1.165, 1.54) is 25.3 Å². The molecule has 1 aliphatic heterocycles. The molecular formula is C19H32FN3O. The average Bonchev–Trinajstić information content (AvgIpc) is 2.56. The van der Waals surface area contributed by atoms with Crippen LogP contribution in [0.3, 0.4) is 0 Å². The second kappa shape index (κ2) is 9.35. The second-order valence-electron chi connectivity index (χ2n) is 7.13. The molecule has 2 rings (SSSR count).